The lowest BCUT2D eigenvalue weighted by atomic mass is 9.75. The number of halogens is 1. The van der Waals surface area contributed by atoms with Crippen LogP contribution in [-0.4, -0.2) is 29.8 Å². The van der Waals surface area contributed by atoms with Crippen LogP contribution in [0.25, 0.3) is 0 Å². The predicted molar refractivity (Wildman–Crippen MR) is 124 cm³/mol. The van der Waals surface area contributed by atoms with E-state index in [0.29, 0.717) is 5.56 Å². The summed E-state index contributed by atoms with van der Waals surface area (Å²) in [6.07, 6.45) is 0.548. The Bertz CT molecular complexity index is 1150. The highest BCUT2D eigenvalue weighted by Crippen LogP contribution is 2.53. The zero-order valence-corrected chi connectivity index (χ0v) is 18.5. The maximum atomic E-state index is 13.6. The second kappa shape index (κ2) is 7.10. The van der Waals surface area contributed by atoms with Crippen molar-refractivity contribution < 1.29 is 4.79 Å². The lowest BCUT2D eigenvalue weighted by Crippen LogP contribution is -2.57. The minimum absolute atomic E-state index is 0.0873. The van der Waals surface area contributed by atoms with Gasteiger partial charge in [0.15, 0.2) is 0 Å². The molecule has 5 heteroatoms. The van der Waals surface area contributed by atoms with Crippen LogP contribution < -0.4 is 4.90 Å². The van der Waals surface area contributed by atoms with E-state index in [4.69, 9.17) is 5.10 Å². The molecule has 0 fully saturated rings. The summed E-state index contributed by atoms with van der Waals surface area (Å²) < 4.78 is 1.07. The van der Waals surface area contributed by atoms with Crippen molar-refractivity contribution in [2.45, 2.75) is 24.9 Å². The number of hydrogen-bond donors (Lipinski definition) is 0. The fourth-order valence-electron chi connectivity index (χ4n) is 4.90. The molecule has 0 bridgehead atoms. The number of likely N-dealkylation sites (N-methyl/N-ethyl adjacent to an activating group) is 1. The van der Waals surface area contributed by atoms with Crippen LogP contribution in [0.5, 0.6) is 0 Å². The van der Waals surface area contributed by atoms with Gasteiger partial charge in [-0.2, -0.15) is 5.10 Å². The predicted octanol–water partition coefficient (Wildman–Crippen LogP) is 5.43. The fourth-order valence-corrected chi connectivity index (χ4v) is 5.71. The Kier molecular flexibility index (Phi) is 4.51. The summed E-state index contributed by atoms with van der Waals surface area (Å²) in [5.41, 5.74) is 4.67. The SMILES string of the molecule is CN1c2cccc(Br)c2[C@@]2(C)CC(c3ccccc3)=NN(C(=O)c3ccccc3)[C@H]12. The Balaban J connectivity index is 1.70. The number of nitrogens with zero attached hydrogens (tertiary/aromatic N) is 3. The molecule has 0 N–H and O–H groups in total. The molecular formula is C25H22BrN3O. The lowest BCUT2D eigenvalue weighted by molar-refractivity contribution is 0.0580. The van der Waals surface area contributed by atoms with E-state index in [0.717, 1.165) is 27.9 Å². The van der Waals surface area contributed by atoms with Gasteiger partial charge in [0, 0.05) is 34.6 Å². The van der Waals surface area contributed by atoms with Crippen LogP contribution in [0.2, 0.25) is 0 Å². The van der Waals surface area contributed by atoms with Crippen molar-refractivity contribution in [2.24, 2.45) is 5.10 Å². The number of hydrogen-bond acceptors (Lipinski definition) is 3. The van der Waals surface area contributed by atoms with Gasteiger partial charge in [0.25, 0.3) is 5.91 Å². The monoisotopic (exact) mass is 459 g/mol. The summed E-state index contributed by atoms with van der Waals surface area (Å²) in [5, 5.41) is 6.61. The van der Waals surface area contributed by atoms with Gasteiger partial charge in [-0.15, -0.1) is 0 Å². The molecule has 3 aromatic rings. The summed E-state index contributed by atoms with van der Waals surface area (Å²) in [6.45, 7) is 2.24. The van der Waals surface area contributed by atoms with Crippen LogP contribution in [0.4, 0.5) is 5.69 Å². The summed E-state index contributed by atoms with van der Waals surface area (Å²) in [4.78, 5) is 15.8. The first-order chi connectivity index (χ1) is 14.5. The van der Waals surface area contributed by atoms with Crippen LogP contribution in [0.1, 0.15) is 34.8 Å². The van der Waals surface area contributed by atoms with Gasteiger partial charge in [0.2, 0.25) is 0 Å². The Morgan fingerprint density at radius 2 is 1.67 bits per heavy atom. The van der Waals surface area contributed by atoms with E-state index in [2.05, 4.69) is 59.1 Å². The van der Waals surface area contributed by atoms with E-state index in [1.807, 2.05) is 54.6 Å². The molecule has 0 radical (unpaired) electrons. The number of carbonyl (C=O) groups excluding carboxylic acids is 1. The van der Waals surface area contributed by atoms with Crippen molar-refractivity contribution in [2.75, 3.05) is 11.9 Å². The molecule has 30 heavy (non-hydrogen) atoms. The number of carbonyl (C=O) groups is 1. The molecule has 150 valence electrons. The van der Waals surface area contributed by atoms with Gasteiger partial charge in [0.05, 0.1) is 5.71 Å². The van der Waals surface area contributed by atoms with Gasteiger partial charge in [-0.25, -0.2) is 5.01 Å². The molecule has 2 atom stereocenters. The fraction of sp³-hybridized carbons (Fsp3) is 0.200. The lowest BCUT2D eigenvalue weighted by Gasteiger charge is -2.44. The van der Waals surface area contributed by atoms with E-state index in [1.165, 1.54) is 5.56 Å². The molecule has 2 heterocycles. The summed E-state index contributed by atoms with van der Waals surface area (Å²) in [7, 11) is 2.05. The van der Waals surface area contributed by atoms with Gasteiger partial charge in [-0.1, -0.05) is 77.5 Å². The molecule has 2 aliphatic heterocycles. The standard InChI is InChI=1S/C25H22BrN3O/c1-25-16-20(17-10-5-3-6-11-17)27-29(23(30)18-12-7-4-8-13-18)24(25)28(2)21-15-9-14-19(26)22(21)25/h3-15,24H,16H2,1-2H3/t24-,25+/m0/s1. The van der Waals surface area contributed by atoms with E-state index in [-0.39, 0.29) is 17.5 Å². The highest BCUT2D eigenvalue weighted by atomic mass is 79.9. The first kappa shape index (κ1) is 19.1. The van der Waals surface area contributed by atoms with E-state index < -0.39 is 0 Å². The minimum Gasteiger partial charge on any atom is -0.352 e. The number of benzene rings is 3. The number of rotatable bonds is 2. The highest BCUT2D eigenvalue weighted by Gasteiger charge is 2.54. The zero-order valence-electron chi connectivity index (χ0n) is 16.9. The maximum Gasteiger partial charge on any atom is 0.275 e. The maximum absolute atomic E-state index is 13.6. The summed E-state index contributed by atoms with van der Waals surface area (Å²) in [5.74, 6) is -0.0873. The molecule has 0 unspecified atom stereocenters. The van der Waals surface area contributed by atoms with Crippen LogP contribution in [0.15, 0.2) is 88.4 Å². The number of amides is 1. The third-order valence-electron chi connectivity index (χ3n) is 6.21. The zero-order chi connectivity index (χ0) is 20.9. The molecular weight excluding hydrogens is 438 g/mol. The van der Waals surface area contributed by atoms with Gasteiger partial charge >= 0.3 is 0 Å². The van der Waals surface area contributed by atoms with Crippen LogP contribution in [-0.2, 0) is 5.41 Å². The van der Waals surface area contributed by atoms with Crippen molar-refractivity contribution in [1.29, 1.82) is 0 Å². The average Bonchev–Trinajstić information content (AvgIpc) is 3.01. The molecule has 0 spiro atoms. The largest absolute Gasteiger partial charge is 0.352 e. The van der Waals surface area contributed by atoms with Crippen molar-refractivity contribution in [3.8, 4) is 0 Å². The van der Waals surface area contributed by atoms with E-state index in [9.17, 15) is 4.79 Å². The molecule has 2 aliphatic rings. The Labute approximate surface area is 185 Å². The molecule has 0 aliphatic carbocycles. The average molecular weight is 460 g/mol. The van der Waals surface area contributed by atoms with Gasteiger partial charge in [-0.3, -0.25) is 4.79 Å². The molecule has 3 aromatic carbocycles. The summed E-state index contributed by atoms with van der Waals surface area (Å²) >= 11 is 3.78. The molecule has 0 aromatic heterocycles. The molecule has 0 saturated heterocycles. The smallest absolute Gasteiger partial charge is 0.275 e. The van der Waals surface area contributed by atoms with Crippen LogP contribution >= 0.6 is 15.9 Å². The second-order valence-corrected chi connectivity index (χ2v) is 9.00. The molecule has 1 amide bonds. The molecule has 4 nitrogen and oxygen atoms in total. The third kappa shape index (κ3) is 2.80. The molecule has 5 rings (SSSR count). The number of anilines is 1. The Morgan fingerprint density at radius 3 is 2.37 bits per heavy atom. The first-order valence-electron chi connectivity index (χ1n) is 10.0. The van der Waals surface area contributed by atoms with Gasteiger partial charge in [0.1, 0.15) is 6.17 Å². The van der Waals surface area contributed by atoms with Gasteiger partial charge < -0.3 is 4.90 Å². The van der Waals surface area contributed by atoms with Crippen molar-refractivity contribution in [3.05, 3.63) is 100 Å². The second-order valence-electron chi connectivity index (χ2n) is 8.14. The van der Waals surface area contributed by atoms with Crippen molar-refractivity contribution >= 4 is 33.2 Å². The number of fused-ring (bicyclic) bond motifs is 3. The van der Waals surface area contributed by atoms with Crippen LogP contribution in [0, 0.1) is 0 Å². The van der Waals surface area contributed by atoms with Crippen molar-refractivity contribution in [1.82, 2.24) is 5.01 Å². The Hall–Kier alpha value is -2.92. The normalized spacial score (nSPS) is 22.4. The van der Waals surface area contributed by atoms with Crippen molar-refractivity contribution in [3.63, 3.8) is 0 Å². The number of hydrazone groups is 1. The Morgan fingerprint density at radius 1 is 1.00 bits per heavy atom. The van der Waals surface area contributed by atoms with Gasteiger partial charge in [-0.05, 0) is 35.4 Å². The minimum atomic E-state index is -0.304. The van der Waals surface area contributed by atoms with Crippen LogP contribution in [0.3, 0.4) is 0 Å². The molecule has 0 saturated carbocycles. The van der Waals surface area contributed by atoms with E-state index >= 15 is 0 Å². The highest BCUT2D eigenvalue weighted by molar-refractivity contribution is 9.10. The topological polar surface area (TPSA) is 35.9 Å². The summed E-state index contributed by atoms with van der Waals surface area (Å²) in [6, 6.07) is 25.8. The third-order valence-corrected chi connectivity index (χ3v) is 6.87. The first-order valence-corrected chi connectivity index (χ1v) is 10.8. The van der Waals surface area contributed by atoms with E-state index in [1.54, 1.807) is 5.01 Å². The quantitative estimate of drug-likeness (QED) is 0.511.